The molecule has 0 aliphatic heterocycles. The van der Waals surface area contributed by atoms with Crippen LogP contribution in [0.15, 0.2) is 60.7 Å². The van der Waals surface area contributed by atoms with Crippen molar-refractivity contribution in [3.63, 3.8) is 0 Å². The summed E-state index contributed by atoms with van der Waals surface area (Å²) in [5.74, 6) is 2.34. The van der Waals surface area contributed by atoms with Gasteiger partial charge in [-0.3, -0.25) is 0 Å². The van der Waals surface area contributed by atoms with Gasteiger partial charge in [-0.25, -0.2) is 4.98 Å². The highest BCUT2D eigenvalue weighted by Gasteiger charge is 2.14. The molecule has 0 saturated carbocycles. The van der Waals surface area contributed by atoms with Crippen molar-refractivity contribution in [2.45, 2.75) is 53.7 Å². The number of benzene rings is 3. The van der Waals surface area contributed by atoms with E-state index in [0.717, 1.165) is 29.2 Å². The molecule has 1 heterocycles. The second-order valence-corrected chi connectivity index (χ2v) is 8.49. The predicted octanol–water partition coefficient (Wildman–Crippen LogP) is 6.71. The SMILES string of the molecule is Cc1cc(C)c(Cn2c(COc3ccc(C(C)C)cc3)nc3ccccc32)c(C)c1. The van der Waals surface area contributed by atoms with Gasteiger partial charge in [0.15, 0.2) is 0 Å². The van der Waals surface area contributed by atoms with Crippen molar-refractivity contribution in [1.29, 1.82) is 0 Å². The maximum Gasteiger partial charge on any atom is 0.148 e. The van der Waals surface area contributed by atoms with Gasteiger partial charge in [0.2, 0.25) is 0 Å². The number of fused-ring (bicyclic) bond motifs is 1. The minimum Gasteiger partial charge on any atom is -0.486 e. The van der Waals surface area contributed by atoms with Crippen LogP contribution < -0.4 is 4.74 Å². The Labute approximate surface area is 179 Å². The predicted molar refractivity (Wildman–Crippen MR) is 124 cm³/mol. The van der Waals surface area contributed by atoms with E-state index in [4.69, 9.17) is 9.72 Å². The summed E-state index contributed by atoms with van der Waals surface area (Å²) >= 11 is 0. The van der Waals surface area contributed by atoms with E-state index in [2.05, 4.69) is 93.8 Å². The first-order valence-electron chi connectivity index (χ1n) is 10.7. The summed E-state index contributed by atoms with van der Waals surface area (Å²) in [7, 11) is 0. The van der Waals surface area contributed by atoms with Crippen molar-refractivity contribution < 1.29 is 4.74 Å². The van der Waals surface area contributed by atoms with Crippen LogP contribution in [0.4, 0.5) is 0 Å². The van der Waals surface area contributed by atoms with E-state index in [0.29, 0.717) is 12.5 Å². The zero-order chi connectivity index (χ0) is 21.3. The van der Waals surface area contributed by atoms with Crippen molar-refractivity contribution in [3.8, 4) is 5.75 Å². The zero-order valence-electron chi connectivity index (χ0n) is 18.6. The summed E-state index contributed by atoms with van der Waals surface area (Å²) in [6.07, 6.45) is 0. The number of hydrogen-bond donors (Lipinski definition) is 0. The zero-order valence-corrected chi connectivity index (χ0v) is 18.6. The first kappa shape index (κ1) is 20.2. The fraction of sp³-hybridized carbons (Fsp3) is 0.296. The van der Waals surface area contributed by atoms with E-state index in [1.165, 1.54) is 27.8 Å². The summed E-state index contributed by atoms with van der Waals surface area (Å²) in [4.78, 5) is 4.88. The van der Waals surface area contributed by atoms with Crippen molar-refractivity contribution in [1.82, 2.24) is 9.55 Å². The van der Waals surface area contributed by atoms with Crippen molar-refractivity contribution in [3.05, 3.63) is 94.3 Å². The second kappa shape index (κ2) is 8.35. The topological polar surface area (TPSA) is 27.1 Å². The molecule has 0 N–H and O–H groups in total. The molecule has 0 amide bonds. The number of rotatable bonds is 6. The highest BCUT2D eigenvalue weighted by Crippen LogP contribution is 2.24. The minimum atomic E-state index is 0.444. The van der Waals surface area contributed by atoms with Crippen LogP contribution in [0.5, 0.6) is 5.75 Å². The number of para-hydroxylation sites is 2. The van der Waals surface area contributed by atoms with Crippen LogP contribution >= 0.6 is 0 Å². The fourth-order valence-electron chi connectivity index (χ4n) is 4.13. The first-order valence-corrected chi connectivity index (χ1v) is 10.7. The highest BCUT2D eigenvalue weighted by atomic mass is 16.5. The van der Waals surface area contributed by atoms with E-state index < -0.39 is 0 Å². The van der Waals surface area contributed by atoms with Gasteiger partial charge in [0.25, 0.3) is 0 Å². The third-order valence-electron chi connectivity index (χ3n) is 5.80. The van der Waals surface area contributed by atoms with Crippen LogP contribution in [0, 0.1) is 20.8 Å². The van der Waals surface area contributed by atoms with Gasteiger partial charge in [0, 0.05) is 6.54 Å². The molecular weight excluding hydrogens is 368 g/mol. The summed E-state index contributed by atoms with van der Waals surface area (Å²) in [5.41, 5.74) is 8.77. The molecule has 3 nitrogen and oxygen atoms in total. The monoisotopic (exact) mass is 398 g/mol. The van der Waals surface area contributed by atoms with E-state index in [1.807, 2.05) is 6.07 Å². The summed E-state index contributed by atoms with van der Waals surface area (Å²) in [6.45, 7) is 12.2. The van der Waals surface area contributed by atoms with Crippen molar-refractivity contribution in [2.75, 3.05) is 0 Å². The van der Waals surface area contributed by atoms with Gasteiger partial charge in [-0.1, -0.05) is 55.8 Å². The maximum absolute atomic E-state index is 6.13. The normalized spacial score (nSPS) is 11.4. The lowest BCUT2D eigenvalue weighted by molar-refractivity contribution is 0.291. The molecule has 3 heteroatoms. The van der Waals surface area contributed by atoms with Crippen LogP contribution in [0.25, 0.3) is 11.0 Å². The van der Waals surface area contributed by atoms with Crippen molar-refractivity contribution >= 4 is 11.0 Å². The van der Waals surface area contributed by atoms with Crippen LogP contribution in [0.1, 0.15) is 53.4 Å². The molecule has 0 unspecified atom stereocenters. The molecular formula is C27H30N2O. The second-order valence-electron chi connectivity index (χ2n) is 8.49. The van der Waals surface area contributed by atoms with E-state index >= 15 is 0 Å². The number of aryl methyl sites for hydroxylation is 3. The lowest BCUT2D eigenvalue weighted by Crippen LogP contribution is -2.10. The van der Waals surface area contributed by atoms with Crippen LogP contribution in [-0.4, -0.2) is 9.55 Å². The molecule has 0 aliphatic rings. The molecule has 154 valence electrons. The Morgan fingerprint density at radius 1 is 0.900 bits per heavy atom. The largest absolute Gasteiger partial charge is 0.486 e. The van der Waals surface area contributed by atoms with Gasteiger partial charge >= 0.3 is 0 Å². The number of ether oxygens (including phenoxy) is 1. The fourth-order valence-corrected chi connectivity index (χ4v) is 4.13. The Bertz CT molecular complexity index is 1150. The number of imidazole rings is 1. The lowest BCUT2D eigenvalue weighted by atomic mass is 10.00. The average Bonchev–Trinajstić information content (AvgIpc) is 3.06. The molecule has 0 aliphatic carbocycles. The Morgan fingerprint density at radius 2 is 1.57 bits per heavy atom. The molecule has 0 spiro atoms. The standard InChI is InChI=1S/C27H30N2O/c1-18(2)22-10-12-23(13-11-22)30-17-27-28-25-8-6-7-9-26(25)29(27)16-24-20(4)14-19(3)15-21(24)5/h6-15,18H,16-17H2,1-5H3. The first-order chi connectivity index (χ1) is 14.4. The molecule has 0 bridgehead atoms. The summed E-state index contributed by atoms with van der Waals surface area (Å²) in [5, 5.41) is 0. The molecule has 0 radical (unpaired) electrons. The quantitative estimate of drug-likeness (QED) is 0.361. The summed E-state index contributed by atoms with van der Waals surface area (Å²) in [6, 6.07) is 21.2. The lowest BCUT2D eigenvalue weighted by Gasteiger charge is -2.15. The Hall–Kier alpha value is -3.07. The van der Waals surface area contributed by atoms with Gasteiger partial charge in [-0.2, -0.15) is 0 Å². The Balaban J connectivity index is 1.65. The molecule has 0 fully saturated rings. The van der Waals surface area contributed by atoms with Crippen molar-refractivity contribution in [2.24, 2.45) is 0 Å². The maximum atomic E-state index is 6.13. The van der Waals surface area contributed by atoms with Gasteiger partial charge in [0.1, 0.15) is 18.2 Å². The van der Waals surface area contributed by atoms with E-state index in [9.17, 15) is 0 Å². The number of nitrogens with zero attached hydrogens (tertiary/aromatic N) is 2. The van der Waals surface area contributed by atoms with Crippen LogP contribution in [-0.2, 0) is 13.2 Å². The third kappa shape index (κ3) is 4.11. The van der Waals surface area contributed by atoms with Gasteiger partial charge in [0.05, 0.1) is 11.0 Å². The average molecular weight is 399 g/mol. The molecule has 30 heavy (non-hydrogen) atoms. The van der Waals surface area contributed by atoms with E-state index in [-0.39, 0.29) is 0 Å². The molecule has 4 rings (SSSR count). The highest BCUT2D eigenvalue weighted by molar-refractivity contribution is 5.76. The molecule has 1 aromatic heterocycles. The smallest absolute Gasteiger partial charge is 0.148 e. The molecule has 0 atom stereocenters. The van der Waals surface area contributed by atoms with E-state index in [1.54, 1.807) is 0 Å². The molecule has 4 aromatic rings. The van der Waals surface area contributed by atoms with Gasteiger partial charge in [-0.05, 0) is 73.2 Å². The third-order valence-corrected chi connectivity index (χ3v) is 5.80. The number of hydrogen-bond acceptors (Lipinski definition) is 2. The number of aromatic nitrogens is 2. The van der Waals surface area contributed by atoms with Gasteiger partial charge < -0.3 is 9.30 Å². The molecule has 3 aromatic carbocycles. The minimum absolute atomic E-state index is 0.444. The molecule has 0 saturated heterocycles. The Kier molecular flexibility index (Phi) is 5.63. The summed E-state index contributed by atoms with van der Waals surface area (Å²) < 4.78 is 8.43. The van der Waals surface area contributed by atoms with Gasteiger partial charge in [-0.15, -0.1) is 0 Å². The van der Waals surface area contributed by atoms with Crippen LogP contribution in [0.3, 0.4) is 0 Å². The van der Waals surface area contributed by atoms with Crippen LogP contribution in [0.2, 0.25) is 0 Å². The Morgan fingerprint density at radius 3 is 2.23 bits per heavy atom.